The van der Waals surface area contributed by atoms with Crippen LogP contribution in [-0.2, 0) is 9.53 Å². The van der Waals surface area contributed by atoms with Gasteiger partial charge < -0.3 is 10.1 Å². The standard InChI is InChI=1S/C27H33N3O4/c31-23(28-19-27(12-2-1-3-13-27)29-15-17-34-18-16-29)11-6-14-30-25(32)21-9-4-7-20-8-5-10-22(24(20)21)26(30)33/h4-5,7-10H,1-3,6,11-19H2,(H,28,31). The molecule has 0 atom stereocenters. The number of nitrogens with zero attached hydrogens (tertiary/aromatic N) is 2. The molecule has 1 saturated carbocycles. The molecule has 2 heterocycles. The van der Waals surface area contributed by atoms with Crippen molar-refractivity contribution in [1.82, 2.24) is 15.1 Å². The van der Waals surface area contributed by atoms with E-state index in [9.17, 15) is 14.4 Å². The molecule has 5 rings (SSSR count). The van der Waals surface area contributed by atoms with Crippen molar-refractivity contribution in [2.75, 3.05) is 39.4 Å². The molecule has 2 aromatic rings. The molecular weight excluding hydrogens is 430 g/mol. The fourth-order valence-corrected chi connectivity index (χ4v) is 5.89. The lowest BCUT2D eigenvalue weighted by Crippen LogP contribution is -2.59. The molecule has 7 heteroatoms. The van der Waals surface area contributed by atoms with Crippen LogP contribution in [0.25, 0.3) is 10.8 Å². The molecule has 34 heavy (non-hydrogen) atoms. The van der Waals surface area contributed by atoms with Crippen LogP contribution in [0.4, 0.5) is 0 Å². The Hall–Kier alpha value is -2.77. The van der Waals surface area contributed by atoms with E-state index in [4.69, 9.17) is 4.74 Å². The summed E-state index contributed by atoms with van der Waals surface area (Å²) < 4.78 is 5.54. The molecule has 2 fully saturated rings. The highest BCUT2D eigenvalue weighted by Gasteiger charge is 2.39. The number of ether oxygens (including phenoxy) is 1. The van der Waals surface area contributed by atoms with Crippen LogP contribution in [0.3, 0.4) is 0 Å². The number of morpholine rings is 1. The molecule has 3 amide bonds. The van der Waals surface area contributed by atoms with Gasteiger partial charge in [0.1, 0.15) is 0 Å². The maximum absolute atomic E-state index is 13.0. The van der Waals surface area contributed by atoms with Crippen LogP contribution in [0.2, 0.25) is 0 Å². The average molecular weight is 464 g/mol. The van der Waals surface area contributed by atoms with E-state index in [2.05, 4.69) is 10.2 Å². The third kappa shape index (κ3) is 4.34. The Morgan fingerprint density at radius 2 is 1.59 bits per heavy atom. The second-order valence-electron chi connectivity index (χ2n) is 9.74. The van der Waals surface area contributed by atoms with Gasteiger partial charge in [0.05, 0.1) is 13.2 Å². The lowest BCUT2D eigenvalue weighted by Gasteiger charge is -2.48. The van der Waals surface area contributed by atoms with E-state index in [1.807, 2.05) is 24.3 Å². The molecule has 0 bridgehead atoms. The van der Waals surface area contributed by atoms with E-state index in [1.165, 1.54) is 24.2 Å². The maximum atomic E-state index is 13.0. The summed E-state index contributed by atoms with van der Waals surface area (Å²) in [5.74, 6) is -0.566. The van der Waals surface area contributed by atoms with E-state index in [0.717, 1.165) is 49.9 Å². The number of hydrogen-bond donors (Lipinski definition) is 1. The zero-order valence-electron chi connectivity index (χ0n) is 19.7. The van der Waals surface area contributed by atoms with Gasteiger partial charge in [-0.05, 0) is 36.8 Å². The van der Waals surface area contributed by atoms with E-state index < -0.39 is 0 Å². The van der Waals surface area contributed by atoms with Crippen molar-refractivity contribution in [1.29, 1.82) is 0 Å². The molecule has 2 aliphatic heterocycles. The molecule has 0 radical (unpaired) electrons. The second-order valence-corrected chi connectivity index (χ2v) is 9.74. The van der Waals surface area contributed by atoms with Crippen LogP contribution in [0.5, 0.6) is 0 Å². The Kier molecular flexibility index (Phi) is 6.66. The Labute approximate surface area is 200 Å². The Balaban J connectivity index is 1.18. The van der Waals surface area contributed by atoms with Crippen LogP contribution in [0.1, 0.15) is 65.7 Å². The smallest absolute Gasteiger partial charge is 0.261 e. The summed E-state index contributed by atoms with van der Waals surface area (Å²) in [5, 5.41) is 4.80. The van der Waals surface area contributed by atoms with Gasteiger partial charge >= 0.3 is 0 Å². The van der Waals surface area contributed by atoms with E-state index in [0.29, 0.717) is 30.5 Å². The minimum absolute atomic E-state index is 0.0161. The monoisotopic (exact) mass is 463 g/mol. The van der Waals surface area contributed by atoms with Crippen LogP contribution in [0, 0.1) is 0 Å². The Morgan fingerprint density at radius 3 is 2.24 bits per heavy atom. The lowest BCUT2D eigenvalue weighted by atomic mass is 9.79. The lowest BCUT2D eigenvalue weighted by molar-refractivity contribution is -0.122. The highest BCUT2D eigenvalue weighted by molar-refractivity contribution is 6.25. The van der Waals surface area contributed by atoms with Crippen molar-refractivity contribution >= 4 is 28.5 Å². The van der Waals surface area contributed by atoms with Crippen molar-refractivity contribution in [3.05, 3.63) is 47.5 Å². The van der Waals surface area contributed by atoms with Crippen molar-refractivity contribution in [3.63, 3.8) is 0 Å². The summed E-state index contributed by atoms with van der Waals surface area (Å²) in [6, 6.07) is 11.1. The number of benzene rings is 2. The first kappa shape index (κ1) is 23.0. The van der Waals surface area contributed by atoms with Crippen LogP contribution >= 0.6 is 0 Å². The third-order valence-electron chi connectivity index (χ3n) is 7.72. The molecule has 3 aliphatic rings. The Morgan fingerprint density at radius 1 is 0.941 bits per heavy atom. The van der Waals surface area contributed by atoms with Gasteiger partial charge in [-0.25, -0.2) is 0 Å². The summed E-state index contributed by atoms with van der Waals surface area (Å²) >= 11 is 0. The largest absolute Gasteiger partial charge is 0.379 e. The fourth-order valence-electron chi connectivity index (χ4n) is 5.89. The quantitative estimate of drug-likeness (QED) is 0.637. The number of hydrogen-bond acceptors (Lipinski definition) is 5. The molecule has 0 spiro atoms. The van der Waals surface area contributed by atoms with Gasteiger partial charge in [-0.2, -0.15) is 0 Å². The highest BCUT2D eigenvalue weighted by atomic mass is 16.5. The van der Waals surface area contributed by atoms with E-state index in [-0.39, 0.29) is 29.8 Å². The van der Waals surface area contributed by atoms with Gasteiger partial charge in [0.15, 0.2) is 0 Å². The van der Waals surface area contributed by atoms with Gasteiger partial charge in [0, 0.05) is 54.7 Å². The number of nitrogens with one attached hydrogen (secondary N) is 1. The summed E-state index contributed by atoms with van der Waals surface area (Å²) in [5.41, 5.74) is 1.14. The zero-order valence-corrected chi connectivity index (χ0v) is 19.7. The van der Waals surface area contributed by atoms with Crippen molar-refractivity contribution < 1.29 is 19.1 Å². The second kappa shape index (κ2) is 9.84. The number of carbonyl (C=O) groups excluding carboxylic acids is 3. The molecule has 7 nitrogen and oxygen atoms in total. The van der Waals surface area contributed by atoms with Crippen molar-refractivity contribution in [2.24, 2.45) is 0 Å². The average Bonchev–Trinajstić information content (AvgIpc) is 2.89. The number of rotatable bonds is 7. The topological polar surface area (TPSA) is 79.0 Å². The van der Waals surface area contributed by atoms with Gasteiger partial charge in [0.25, 0.3) is 11.8 Å². The van der Waals surface area contributed by atoms with Crippen LogP contribution in [0.15, 0.2) is 36.4 Å². The Bertz CT molecular complexity index is 1040. The number of carbonyl (C=O) groups is 3. The van der Waals surface area contributed by atoms with Gasteiger partial charge in [-0.1, -0.05) is 43.5 Å². The molecular formula is C27H33N3O4. The fraction of sp³-hybridized carbons (Fsp3) is 0.519. The molecule has 1 aliphatic carbocycles. The zero-order chi connectivity index (χ0) is 23.5. The van der Waals surface area contributed by atoms with Gasteiger partial charge in [-0.3, -0.25) is 24.2 Å². The van der Waals surface area contributed by atoms with Crippen molar-refractivity contribution in [2.45, 2.75) is 50.5 Å². The van der Waals surface area contributed by atoms with Crippen molar-refractivity contribution in [3.8, 4) is 0 Å². The van der Waals surface area contributed by atoms with Crippen LogP contribution in [-0.4, -0.2) is 72.5 Å². The molecule has 0 unspecified atom stereocenters. The summed E-state index contributed by atoms with van der Waals surface area (Å²) in [6.07, 6.45) is 6.61. The summed E-state index contributed by atoms with van der Waals surface area (Å²) in [7, 11) is 0. The minimum Gasteiger partial charge on any atom is -0.379 e. The number of amides is 3. The predicted octanol–water partition coefficient (Wildman–Crippen LogP) is 3.37. The summed E-state index contributed by atoms with van der Waals surface area (Å²) in [6.45, 7) is 4.24. The number of imide groups is 1. The van der Waals surface area contributed by atoms with E-state index in [1.54, 1.807) is 12.1 Å². The molecule has 1 saturated heterocycles. The minimum atomic E-state index is -0.275. The first-order valence-corrected chi connectivity index (χ1v) is 12.6. The molecule has 1 N–H and O–H groups in total. The third-order valence-corrected chi connectivity index (χ3v) is 7.72. The molecule has 180 valence electrons. The van der Waals surface area contributed by atoms with Crippen LogP contribution < -0.4 is 5.32 Å². The summed E-state index contributed by atoms with van der Waals surface area (Å²) in [4.78, 5) is 42.6. The molecule has 0 aromatic heterocycles. The predicted molar refractivity (Wildman–Crippen MR) is 130 cm³/mol. The SMILES string of the molecule is O=C(CCCN1C(=O)c2cccc3cccc(c23)C1=O)NCC1(N2CCOCC2)CCCCC1. The molecule has 2 aromatic carbocycles. The maximum Gasteiger partial charge on any atom is 0.261 e. The van der Waals surface area contributed by atoms with Gasteiger partial charge in [-0.15, -0.1) is 0 Å². The van der Waals surface area contributed by atoms with E-state index >= 15 is 0 Å². The normalized spacial score (nSPS) is 20.5. The first-order valence-electron chi connectivity index (χ1n) is 12.6. The first-order chi connectivity index (χ1) is 16.6. The van der Waals surface area contributed by atoms with Gasteiger partial charge in [0.2, 0.25) is 5.91 Å². The highest BCUT2D eigenvalue weighted by Crippen LogP contribution is 2.34.